The minimum Gasteiger partial charge on any atom is -0.339 e. The zero-order chi connectivity index (χ0) is 14.9. The molecule has 120 valence electrons. The Kier molecular flexibility index (Phi) is 4.58. The van der Waals surface area contributed by atoms with Crippen molar-refractivity contribution in [3.05, 3.63) is 0 Å². The summed E-state index contributed by atoms with van der Waals surface area (Å²) in [6.07, 6.45) is 9.83. The third-order valence-corrected chi connectivity index (χ3v) is 5.99. The Balaban J connectivity index is 1.66. The highest BCUT2D eigenvalue weighted by atomic mass is 16.2. The Bertz CT molecular complexity index is 369. The van der Waals surface area contributed by atoms with Crippen LogP contribution in [0.15, 0.2) is 0 Å². The maximum absolute atomic E-state index is 13.2. The Morgan fingerprint density at radius 1 is 1.10 bits per heavy atom. The third kappa shape index (κ3) is 3.61. The lowest BCUT2D eigenvalue weighted by molar-refractivity contribution is -0.142. The lowest BCUT2D eigenvalue weighted by Gasteiger charge is -2.41. The van der Waals surface area contributed by atoms with Crippen LogP contribution in [0, 0.1) is 17.3 Å². The zero-order valence-corrected chi connectivity index (χ0v) is 13.9. The van der Waals surface area contributed by atoms with Crippen molar-refractivity contribution >= 4 is 5.91 Å². The van der Waals surface area contributed by atoms with Gasteiger partial charge in [0, 0.05) is 18.5 Å². The molecule has 1 unspecified atom stereocenters. The summed E-state index contributed by atoms with van der Waals surface area (Å²) in [6.45, 7) is 7.91. The quantitative estimate of drug-likeness (QED) is 0.863. The summed E-state index contributed by atoms with van der Waals surface area (Å²) in [5, 5.41) is 3.44. The van der Waals surface area contributed by atoms with E-state index in [1.807, 2.05) is 0 Å². The highest BCUT2D eigenvalue weighted by molar-refractivity contribution is 5.80. The molecule has 0 aromatic carbocycles. The second kappa shape index (κ2) is 6.28. The maximum atomic E-state index is 13.2. The molecule has 1 atom stereocenters. The first-order chi connectivity index (χ1) is 10.1. The number of carbonyl (C=O) groups excluding carboxylic acids is 1. The number of hydrogen-bond acceptors (Lipinski definition) is 2. The number of nitrogens with one attached hydrogen (secondary N) is 1. The molecule has 0 aromatic heterocycles. The highest BCUT2D eigenvalue weighted by Crippen LogP contribution is 2.43. The van der Waals surface area contributed by atoms with Gasteiger partial charge in [-0.25, -0.2) is 0 Å². The average molecular weight is 292 g/mol. The molecule has 0 radical (unpaired) electrons. The SMILES string of the molecule is CC1(C)CCCCC1C(=O)N(CC1CCNCC1)C1CC1. The molecule has 3 heteroatoms. The molecule has 21 heavy (non-hydrogen) atoms. The first-order valence-corrected chi connectivity index (χ1v) is 9.09. The van der Waals surface area contributed by atoms with Gasteiger partial charge >= 0.3 is 0 Å². The van der Waals surface area contributed by atoms with E-state index in [-0.39, 0.29) is 11.3 Å². The monoisotopic (exact) mass is 292 g/mol. The van der Waals surface area contributed by atoms with Crippen LogP contribution in [0.1, 0.15) is 65.2 Å². The van der Waals surface area contributed by atoms with Gasteiger partial charge in [0.1, 0.15) is 0 Å². The van der Waals surface area contributed by atoms with Gasteiger partial charge in [-0.3, -0.25) is 4.79 Å². The summed E-state index contributed by atoms with van der Waals surface area (Å²) in [5.41, 5.74) is 0.205. The van der Waals surface area contributed by atoms with E-state index in [2.05, 4.69) is 24.1 Å². The minimum atomic E-state index is 0.205. The van der Waals surface area contributed by atoms with Crippen LogP contribution in [0.2, 0.25) is 0 Å². The largest absolute Gasteiger partial charge is 0.339 e. The lowest BCUT2D eigenvalue weighted by Crippen LogP contribution is -2.47. The van der Waals surface area contributed by atoms with E-state index in [1.165, 1.54) is 44.9 Å². The standard InChI is InChI=1S/C18H32N2O/c1-18(2)10-4-3-5-16(18)17(21)20(15-6-7-15)13-14-8-11-19-12-9-14/h14-16,19H,3-13H2,1-2H3. The van der Waals surface area contributed by atoms with E-state index in [0.717, 1.165) is 32.0 Å². The fraction of sp³-hybridized carbons (Fsp3) is 0.944. The molecule has 1 amide bonds. The molecule has 1 saturated heterocycles. The van der Waals surface area contributed by atoms with Gasteiger partial charge in [-0.05, 0) is 62.9 Å². The first-order valence-electron chi connectivity index (χ1n) is 9.09. The van der Waals surface area contributed by atoms with E-state index >= 15 is 0 Å². The summed E-state index contributed by atoms with van der Waals surface area (Å²) in [7, 11) is 0. The van der Waals surface area contributed by atoms with E-state index < -0.39 is 0 Å². The van der Waals surface area contributed by atoms with E-state index in [0.29, 0.717) is 11.9 Å². The summed E-state index contributed by atoms with van der Waals surface area (Å²) >= 11 is 0. The van der Waals surface area contributed by atoms with Gasteiger partial charge in [0.2, 0.25) is 5.91 Å². The summed E-state index contributed by atoms with van der Waals surface area (Å²) in [4.78, 5) is 15.5. The fourth-order valence-corrected chi connectivity index (χ4v) is 4.30. The van der Waals surface area contributed by atoms with Crippen molar-refractivity contribution in [1.29, 1.82) is 0 Å². The first kappa shape index (κ1) is 15.3. The molecule has 1 N–H and O–H groups in total. The molecular weight excluding hydrogens is 260 g/mol. The Morgan fingerprint density at radius 2 is 1.81 bits per heavy atom. The number of amides is 1. The molecule has 2 aliphatic carbocycles. The van der Waals surface area contributed by atoms with Gasteiger partial charge in [-0.15, -0.1) is 0 Å². The van der Waals surface area contributed by atoms with Crippen molar-refractivity contribution in [1.82, 2.24) is 10.2 Å². The number of rotatable bonds is 4. The van der Waals surface area contributed by atoms with Crippen molar-refractivity contribution in [2.45, 2.75) is 71.3 Å². The molecule has 0 aromatic rings. The number of carbonyl (C=O) groups is 1. The van der Waals surface area contributed by atoms with Gasteiger partial charge in [0.15, 0.2) is 0 Å². The molecule has 3 rings (SSSR count). The van der Waals surface area contributed by atoms with Gasteiger partial charge in [0.25, 0.3) is 0 Å². The van der Waals surface area contributed by atoms with Crippen molar-refractivity contribution in [2.24, 2.45) is 17.3 Å². The Labute approximate surface area is 129 Å². The normalized spacial score (nSPS) is 30.1. The van der Waals surface area contributed by atoms with Crippen LogP contribution in [0.3, 0.4) is 0 Å². The van der Waals surface area contributed by atoms with Gasteiger partial charge in [0.05, 0.1) is 0 Å². The predicted molar refractivity (Wildman–Crippen MR) is 86.1 cm³/mol. The topological polar surface area (TPSA) is 32.3 Å². The fourth-order valence-electron chi connectivity index (χ4n) is 4.30. The maximum Gasteiger partial charge on any atom is 0.226 e. The van der Waals surface area contributed by atoms with Crippen LogP contribution in [0.4, 0.5) is 0 Å². The van der Waals surface area contributed by atoms with E-state index in [9.17, 15) is 4.79 Å². The van der Waals surface area contributed by atoms with Crippen molar-refractivity contribution in [3.63, 3.8) is 0 Å². The molecule has 3 aliphatic rings. The van der Waals surface area contributed by atoms with Crippen LogP contribution in [0.25, 0.3) is 0 Å². The molecule has 2 saturated carbocycles. The average Bonchev–Trinajstić information content (AvgIpc) is 3.29. The van der Waals surface area contributed by atoms with Crippen molar-refractivity contribution < 1.29 is 4.79 Å². The smallest absolute Gasteiger partial charge is 0.226 e. The van der Waals surface area contributed by atoms with Crippen LogP contribution in [0.5, 0.6) is 0 Å². The van der Waals surface area contributed by atoms with Gasteiger partial charge < -0.3 is 10.2 Å². The Hall–Kier alpha value is -0.570. The second-order valence-electron chi connectivity index (χ2n) is 8.20. The van der Waals surface area contributed by atoms with Gasteiger partial charge in [-0.2, -0.15) is 0 Å². The minimum absolute atomic E-state index is 0.205. The molecular formula is C18H32N2O. The van der Waals surface area contributed by atoms with E-state index in [1.54, 1.807) is 0 Å². The Morgan fingerprint density at radius 3 is 2.43 bits per heavy atom. The number of hydrogen-bond donors (Lipinski definition) is 1. The zero-order valence-electron chi connectivity index (χ0n) is 13.9. The van der Waals surface area contributed by atoms with Crippen LogP contribution >= 0.6 is 0 Å². The summed E-state index contributed by atoms with van der Waals surface area (Å²) in [6, 6.07) is 0.574. The van der Waals surface area contributed by atoms with Crippen LogP contribution in [-0.2, 0) is 4.79 Å². The highest BCUT2D eigenvalue weighted by Gasteiger charge is 2.43. The summed E-state index contributed by atoms with van der Waals surface area (Å²) < 4.78 is 0. The summed E-state index contributed by atoms with van der Waals surface area (Å²) in [5.74, 6) is 1.48. The molecule has 0 bridgehead atoms. The van der Waals surface area contributed by atoms with Crippen LogP contribution < -0.4 is 5.32 Å². The van der Waals surface area contributed by atoms with E-state index in [4.69, 9.17) is 0 Å². The third-order valence-electron chi connectivity index (χ3n) is 5.99. The lowest BCUT2D eigenvalue weighted by atomic mass is 9.68. The second-order valence-corrected chi connectivity index (χ2v) is 8.20. The molecule has 3 nitrogen and oxygen atoms in total. The van der Waals surface area contributed by atoms with Crippen molar-refractivity contribution in [2.75, 3.05) is 19.6 Å². The van der Waals surface area contributed by atoms with Gasteiger partial charge in [-0.1, -0.05) is 26.7 Å². The van der Waals surface area contributed by atoms with Crippen LogP contribution in [-0.4, -0.2) is 36.5 Å². The predicted octanol–water partition coefficient (Wildman–Crippen LogP) is 3.19. The molecule has 3 fully saturated rings. The number of piperidine rings is 1. The number of nitrogens with zero attached hydrogens (tertiary/aromatic N) is 1. The molecule has 1 heterocycles. The van der Waals surface area contributed by atoms with Crippen molar-refractivity contribution in [3.8, 4) is 0 Å². The molecule has 0 spiro atoms. The molecule has 1 aliphatic heterocycles.